The van der Waals surface area contributed by atoms with Crippen LogP contribution in [0.2, 0.25) is 0 Å². The molecule has 145 heavy (non-hydrogen) atoms. The molecular weight excluding hydrogens is 1780 g/mol. The van der Waals surface area contributed by atoms with Crippen molar-refractivity contribution in [2.24, 2.45) is 17.8 Å². The van der Waals surface area contributed by atoms with Crippen LogP contribution in [0.15, 0.2) is 225 Å². The molecule has 11 heterocycles. The summed E-state index contributed by atoms with van der Waals surface area (Å²) in [7, 11) is 9.06. The number of pyridine rings is 1. The van der Waals surface area contributed by atoms with Crippen LogP contribution in [0.3, 0.4) is 0 Å². The molecule has 9 saturated heterocycles. The molecule has 10 aliphatic rings. The van der Waals surface area contributed by atoms with E-state index in [1.54, 1.807) is 0 Å². The molecule has 10 fully saturated rings. The van der Waals surface area contributed by atoms with Crippen molar-refractivity contribution in [1.82, 2.24) is 39.5 Å². The fourth-order valence-electron chi connectivity index (χ4n) is 20.9. The van der Waals surface area contributed by atoms with Crippen LogP contribution in [0.25, 0.3) is 0 Å². The van der Waals surface area contributed by atoms with Crippen LogP contribution in [0.1, 0.15) is 222 Å². The van der Waals surface area contributed by atoms with E-state index in [2.05, 4.69) is 367 Å². The summed E-state index contributed by atoms with van der Waals surface area (Å²) in [4.78, 5) is 40.0. The maximum absolute atomic E-state index is 5.80. The summed E-state index contributed by atoms with van der Waals surface area (Å²) in [5.41, 5.74) is 21.4. The number of piperidine rings is 6. The number of aryl methyl sites for hydroxylation is 10. The zero-order valence-corrected chi connectivity index (χ0v) is 93.4. The minimum absolute atomic E-state index is 0.792. The third-order valence-electron chi connectivity index (χ3n) is 30.3. The zero-order chi connectivity index (χ0) is 103. The maximum atomic E-state index is 5.80. The number of aromatic nitrogens is 3. The number of quaternary nitrogens is 1. The molecule has 2 aromatic heterocycles. The van der Waals surface area contributed by atoms with Crippen LogP contribution in [0, 0.1) is 87.0 Å². The molecule has 0 N–H and O–H groups in total. The van der Waals surface area contributed by atoms with E-state index in [1.165, 1.54) is 360 Å². The van der Waals surface area contributed by atoms with Crippen LogP contribution in [-0.4, -0.2) is 256 Å². The molecule has 2 unspecified atom stereocenters. The Morgan fingerprint density at radius 3 is 1.08 bits per heavy atom. The van der Waals surface area contributed by atoms with Crippen molar-refractivity contribution in [3.63, 3.8) is 0 Å². The molecule has 0 bridgehead atoms. The number of anilines is 6. The average molecular weight is 1970 g/mol. The Morgan fingerprint density at radius 2 is 0.655 bits per heavy atom. The Kier molecular flexibility index (Phi) is 51.3. The molecule has 20 rings (SSSR count). The number of hydrogen-bond acceptors (Lipinski definition) is 16. The van der Waals surface area contributed by atoms with Gasteiger partial charge >= 0.3 is 0 Å². The van der Waals surface area contributed by atoms with Crippen LogP contribution in [0.4, 0.5) is 34.4 Å². The number of nitrogens with zero attached hydrogens (tertiary/aromatic N) is 15. The van der Waals surface area contributed by atoms with E-state index in [-0.39, 0.29) is 0 Å². The van der Waals surface area contributed by atoms with Crippen molar-refractivity contribution in [2.45, 2.75) is 237 Å². The summed E-state index contributed by atoms with van der Waals surface area (Å²) in [6.07, 6.45) is 37.0. The Morgan fingerprint density at radius 1 is 0.297 bits per heavy atom. The molecule has 1 saturated carbocycles. The van der Waals surface area contributed by atoms with E-state index in [1.807, 2.05) is 37.6 Å². The van der Waals surface area contributed by atoms with Gasteiger partial charge in [0.05, 0.1) is 51.9 Å². The van der Waals surface area contributed by atoms with Gasteiger partial charge in [0.15, 0.2) is 0 Å². The summed E-state index contributed by atoms with van der Waals surface area (Å²) in [5, 5.41) is 0. The van der Waals surface area contributed by atoms with Gasteiger partial charge in [-0.1, -0.05) is 211 Å². The number of ether oxygens (including phenoxy) is 2. The van der Waals surface area contributed by atoms with Gasteiger partial charge in [0.2, 0.25) is 0 Å². The summed E-state index contributed by atoms with van der Waals surface area (Å²) in [5.74, 6) is 6.71. The van der Waals surface area contributed by atoms with Crippen molar-refractivity contribution in [3.05, 3.63) is 292 Å². The summed E-state index contributed by atoms with van der Waals surface area (Å²) >= 11 is 0. The minimum Gasteiger partial charge on any atom is -0.493 e. The molecule has 0 radical (unpaired) electrons. The molecule has 0 spiro atoms. The van der Waals surface area contributed by atoms with E-state index in [4.69, 9.17) is 9.47 Å². The quantitative estimate of drug-likeness (QED) is 0.0719. The minimum atomic E-state index is 0.792. The lowest BCUT2D eigenvalue weighted by Crippen LogP contribution is -2.47. The molecule has 17 nitrogen and oxygen atoms in total. The van der Waals surface area contributed by atoms with Crippen molar-refractivity contribution in [3.8, 4) is 11.5 Å². The van der Waals surface area contributed by atoms with Crippen LogP contribution in [-0.2, 0) is 13.0 Å². The van der Waals surface area contributed by atoms with Crippen molar-refractivity contribution < 1.29 is 14.0 Å². The third kappa shape index (κ3) is 45.0. The van der Waals surface area contributed by atoms with Gasteiger partial charge in [0, 0.05) is 172 Å². The lowest BCUT2D eigenvalue weighted by atomic mass is 9.90. The van der Waals surface area contributed by atoms with Gasteiger partial charge in [-0.2, -0.15) is 0 Å². The van der Waals surface area contributed by atoms with Crippen molar-refractivity contribution >= 4 is 34.4 Å². The van der Waals surface area contributed by atoms with Gasteiger partial charge in [-0.05, 0) is 339 Å². The Bertz CT molecular complexity index is 4800. The van der Waals surface area contributed by atoms with Crippen molar-refractivity contribution in [2.75, 3.05) is 241 Å². The van der Waals surface area contributed by atoms with Gasteiger partial charge in [-0.25, -0.2) is 9.97 Å². The SMILES string of the molecule is CCCN1CCN(c2ccc(C)cc2)CC1.Cc1ccc(CC2CCC[N+](C)(C)C2)cc1.Cc1ccc(CN2CCCC(C)C2)cc1.Cc1ccc(N2CCCCC2)cc1.Cc1ccc(N2CCCCC2)cc1.Cc1ccc(N2CCCCC2)nc1.Cc1ccc(N2CCN(C)CC2)cc1.Cc1ccc(OCC2CCCCC2)cc1.Cc1ccc(OCCN2CCCCC2)cc1.Cc1cnc(N2CCN(C)CC2)cn1. The van der Waals surface area contributed by atoms with Gasteiger partial charge in [0.25, 0.3) is 0 Å². The van der Waals surface area contributed by atoms with Gasteiger partial charge in [0.1, 0.15) is 29.7 Å². The Labute approximate surface area is 881 Å². The number of benzene rings is 8. The first kappa shape index (κ1) is 115. The van der Waals surface area contributed by atoms with Gasteiger partial charge < -0.3 is 53.2 Å². The van der Waals surface area contributed by atoms with Gasteiger partial charge in [-0.3, -0.25) is 19.7 Å². The maximum Gasteiger partial charge on any atom is 0.147 e. The number of hydrogen-bond donors (Lipinski definition) is 0. The van der Waals surface area contributed by atoms with Crippen LogP contribution in [0.5, 0.6) is 11.5 Å². The molecule has 8 aromatic carbocycles. The largest absolute Gasteiger partial charge is 0.493 e. The Hall–Kier alpha value is -9.85. The first-order valence-electron chi connectivity index (χ1n) is 56.7. The fraction of sp³-hybridized carbons (Fsp3) is 0.555. The normalized spacial score (nSPS) is 19.0. The summed E-state index contributed by atoms with van der Waals surface area (Å²) in [6.45, 7) is 59.6. The van der Waals surface area contributed by atoms with Crippen molar-refractivity contribution in [1.29, 1.82) is 0 Å². The predicted molar refractivity (Wildman–Crippen MR) is 622 cm³/mol. The molecule has 790 valence electrons. The molecular formula is C128H192N15O2+. The highest BCUT2D eigenvalue weighted by Crippen LogP contribution is 2.30. The zero-order valence-electron chi connectivity index (χ0n) is 93.4. The monoisotopic (exact) mass is 1970 g/mol. The predicted octanol–water partition coefficient (Wildman–Crippen LogP) is 26.2. The van der Waals surface area contributed by atoms with E-state index in [0.29, 0.717) is 0 Å². The highest BCUT2D eigenvalue weighted by Gasteiger charge is 2.28. The molecule has 9 aliphatic heterocycles. The summed E-state index contributed by atoms with van der Waals surface area (Å²) in [6, 6.07) is 74.3. The van der Waals surface area contributed by atoms with E-state index in [9.17, 15) is 0 Å². The van der Waals surface area contributed by atoms with E-state index in [0.717, 1.165) is 112 Å². The molecule has 10 aromatic rings. The highest BCUT2D eigenvalue weighted by atomic mass is 16.5. The lowest BCUT2D eigenvalue weighted by Gasteiger charge is -2.38. The smallest absolute Gasteiger partial charge is 0.147 e. The number of likely N-dealkylation sites (N-methyl/N-ethyl adjacent to an activating group) is 2. The third-order valence-corrected chi connectivity index (χ3v) is 30.3. The number of likely N-dealkylation sites (tertiary alicyclic amines) is 3. The second kappa shape index (κ2) is 64.4. The summed E-state index contributed by atoms with van der Waals surface area (Å²) < 4.78 is 12.7. The van der Waals surface area contributed by atoms with Crippen LogP contribution >= 0.6 is 0 Å². The average Bonchev–Trinajstić information content (AvgIpc) is 0.797. The fourth-order valence-corrected chi connectivity index (χ4v) is 20.9. The lowest BCUT2D eigenvalue weighted by molar-refractivity contribution is -0.898. The second-order valence-electron chi connectivity index (χ2n) is 44.3. The number of rotatable bonds is 19. The molecule has 0 amide bonds. The Balaban J connectivity index is 0.000000154. The van der Waals surface area contributed by atoms with Crippen LogP contribution < -0.4 is 38.9 Å². The first-order valence-corrected chi connectivity index (χ1v) is 56.7. The van der Waals surface area contributed by atoms with E-state index < -0.39 is 0 Å². The molecule has 1 aliphatic carbocycles. The highest BCUT2D eigenvalue weighted by molar-refractivity contribution is 5.51. The second-order valence-corrected chi connectivity index (χ2v) is 44.3. The first-order chi connectivity index (χ1) is 70.4. The number of piperazine rings is 3. The van der Waals surface area contributed by atoms with Gasteiger partial charge in [-0.15, -0.1) is 0 Å². The van der Waals surface area contributed by atoms with E-state index >= 15 is 0 Å². The molecule has 17 heteroatoms. The molecule has 2 atom stereocenters. The standard InChI is InChI=1S/C15H24N.C14H22N2.C14H21NO.C14H21N.C14H20O.C12H18N2.2C12H17N.C11H16N2.C10H16N4/c1-13-6-8-14(9-7-13)11-15-5-4-10-16(2,3)12-15;1-3-8-15-9-11-16(12-10-15)14-6-4-13(2)5-7-14;1-13-5-7-14(8-6-13)16-12-11-15-9-3-2-4-10-15;1-12-5-7-14(8-6-12)11-15-9-3-4-13(2)10-15;1-12-7-9-14(10-8-12)15-11-13-5-3-2-4-6-13;1-11-3-5-12(6-4-11)14-9-7-13(2)8-10-14;2*1-11-5-7-12(8-6-11)13-9-3-2-4-10-13;1-10-5-6-11(12-9-10)13-7-3-2-4-8-13;1-9-7-12-10(8-11-9)14-5-3-13(2)4-6-14/h6-9,15H,4-5,10-12H2,1-3H3;4-7H,3,8-12H2,1-2H3;5-8H,2-4,9-12H2,1H3;5-8,13H,3-4,9-11H2,1-2H3;7-10,13H,2-6,11H2,1H3;3-6H,7-10H2,1-2H3;2*5-8H,2-4,9-10H2,1H3;5-6,9H,2-4,7-8H2,1H3;7-8H,3-6H2,1-2H3/q+1;;;;;;;;;. The topological polar surface area (TPSA) is 92.8 Å².